The van der Waals surface area contributed by atoms with Crippen LogP contribution in [-0.2, 0) is 14.3 Å². The molecule has 0 unspecified atom stereocenters. The van der Waals surface area contributed by atoms with Gasteiger partial charge in [-0.2, -0.15) is 0 Å². The fourth-order valence-electron chi connectivity index (χ4n) is 0.383. The first-order valence-electron chi connectivity index (χ1n) is 4.43. The third-order valence-electron chi connectivity index (χ3n) is 0.935. The molecule has 0 aliphatic rings. The molecule has 0 saturated heterocycles. The number of esters is 1. The van der Waals surface area contributed by atoms with Crippen LogP contribution in [0.5, 0.6) is 0 Å². The number of primary amides is 1. The SMILES string of the molecule is CC(C)(C)OC(=O)CN.CCC(N)=O. The fourth-order valence-corrected chi connectivity index (χ4v) is 0.383. The summed E-state index contributed by atoms with van der Waals surface area (Å²) in [5.74, 6) is -0.604. The highest BCUT2D eigenvalue weighted by atomic mass is 16.6. The smallest absolute Gasteiger partial charge is 0.320 e. The van der Waals surface area contributed by atoms with Gasteiger partial charge in [-0.1, -0.05) is 6.92 Å². The van der Waals surface area contributed by atoms with Gasteiger partial charge in [0.25, 0.3) is 0 Å². The van der Waals surface area contributed by atoms with E-state index in [2.05, 4.69) is 5.73 Å². The van der Waals surface area contributed by atoms with E-state index in [0.29, 0.717) is 6.42 Å². The van der Waals surface area contributed by atoms with Gasteiger partial charge in [0.15, 0.2) is 0 Å². The number of rotatable bonds is 2. The maximum absolute atomic E-state index is 10.5. The Labute approximate surface area is 84.8 Å². The number of carbonyl (C=O) groups is 2. The number of hydrogen-bond acceptors (Lipinski definition) is 4. The van der Waals surface area contributed by atoms with Crippen molar-refractivity contribution in [2.45, 2.75) is 39.7 Å². The lowest BCUT2D eigenvalue weighted by atomic mass is 10.2. The van der Waals surface area contributed by atoms with E-state index >= 15 is 0 Å². The van der Waals surface area contributed by atoms with Gasteiger partial charge in [-0.25, -0.2) is 0 Å². The molecule has 0 radical (unpaired) electrons. The predicted octanol–water partition coefficient (Wildman–Crippen LogP) is 0.169. The standard InChI is InChI=1S/C6H13NO2.C3H7NO/c1-6(2,3)9-5(8)4-7;1-2-3(4)5/h4,7H2,1-3H3;2H2,1H3,(H2,4,5). The van der Waals surface area contributed by atoms with Crippen LogP contribution < -0.4 is 11.5 Å². The van der Waals surface area contributed by atoms with Crippen molar-refractivity contribution < 1.29 is 14.3 Å². The van der Waals surface area contributed by atoms with Gasteiger partial charge in [0.1, 0.15) is 5.60 Å². The zero-order chi connectivity index (χ0) is 11.8. The van der Waals surface area contributed by atoms with Crippen LogP contribution in [0.25, 0.3) is 0 Å². The summed E-state index contributed by atoms with van der Waals surface area (Å²) < 4.78 is 4.82. The van der Waals surface area contributed by atoms with Crippen molar-refractivity contribution in [3.63, 3.8) is 0 Å². The fraction of sp³-hybridized carbons (Fsp3) is 0.778. The van der Waals surface area contributed by atoms with Crippen molar-refractivity contribution in [1.29, 1.82) is 0 Å². The third kappa shape index (κ3) is 17.1. The summed E-state index contributed by atoms with van der Waals surface area (Å²) in [6.45, 7) is 7.10. The van der Waals surface area contributed by atoms with Crippen molar-refractivity contribution in [2.24, 2.45) is 11.5 Å². The van der Waals surface area contributed by atoms with Crippen LogP contribution in [0.4, 0.5) is 0 Å². The van der Waals surface area contributed by atoms with E-state index in [-0.39, 0.29) is 18.4 Å². The summed E-state index contributed by atoms with van der Waals surface area (Å²) in [4.78, 5) is 20.1. The number of nitrogens with two attached hydrogens (primary N) is 2. The minimum absolute atomic E-state index is 0.0444. The minimum Gasteiger partial charge on any atom is -0.459 e. The minimum atomic E-state index is -0.406. The van der Waals surface area contributed by atoms with Crippen LogP contribution in [0.3, 0.4) is 0 Å². The summed E-state index contributed by atoms with van der Waals surface area (Å²) in [7, 11) is 0. The highest BCUT2D eigenvalue weighted by molar-refractivity contribution is 5.73. The molecule has 4 N–H and O–H groups in total. The second-order valence-electron chi connectivity index (χ2n) is 3.61. The van der Waals surface area contributed by atoms with Gasteiger partial charge >= 0.3 is 5.97 Å². The summed E-state index contributed by atoms with van der Waals surface area (Å²) in [6.07, 6.45) is 0.444. The summed E-state index contributed by atoms with van der Waals surface area (Å²) in [5, 5.41) is 0. The van der Waals surface area contributed by atoms with Crippen LogP contribution in [-0.4, -0.2) is 24.0 Å². The number of ether oxygens (including phenoxy) is 1. The third-order valence-corrected chi connectivity index (χ3v) is 0.935. The molecule has 5 heteroatoms. The lowest BCUT2D eigenvalue weighted by Crippen LogP contribution is -2.28. The van der Waals surface area contributed by atoms with E-state index in [1.54, 1.807) is 27.7 Å². The molecule has 0 atom stereocenters. The average molecular weight is 204 g/mol. The Bertz CT molecular complexity index is 185. The normalized spacial score (nSPS) is 9.79. The first-order valence-corrected chi connectivity index (χ1v) is 4.43. The van der Waals surface area contributed by atoms with Gasteiger partial charge in [-0.3, -0.25) is 9.59 Å². The van der Waals surface area contributed by atoms with Crippen LogP contribution in [0, 0.1) is 0 Å². The molecule has 0 rings (SSSR count). The molecule has 0 bridgehead atoms. The van der Waals surface area contributed by atoms with Crippen LogP contribution in [0.1, 0.15) is 34.1 Å². The van der Waals surface area contributed by atoms with E-state index < -0.39 is 5.60 Å². The summed E-state index contributed by atoms with van der Waals surface area (Å²) >= 11 is 0. The predicted molar refractivity (Wildman–Crippen MR) is 54.4 cm³/mol. The Morgan fingerprint density at radius 1 is 1.29 bits per heavy atom. The highest BCUT2D eigenvalue weighted by Crippen LogP contribution is 2.05. The molecule has 5 nitrogen and oxygen atoms in total. The van der Waals surface area contributed by atoms with Gasteiger partial charge in [0.2, 0.25) is 5.91 Å². The van der Waals surface area contributed by atoms with Crippen molar-refractivity contribution in [3.8, 4) is 0 Å². The summed E-state index contributed by atoms with van der Waals surface area (Å²) in [5.41, 5.74) is 9.25. The van der Waals surface area contributed by atoms with Gasteiger partial charge < -0.3 is 16.2 Å². The highest BCUT2D eigenvalue weighted by Gasteiger charge is 2.13. The molecule has 84 valence electrons. The molecule has 0 aromatic carbocycles. The van der Waals surface area contributed by atoms with E-state index in [9.17, 15) is 9.59 Å². The Hall–Kier alpha value is -1.10. The summed E-state index contributed by atoms with van der Waals surface area (Å²) in [6, 6.07) is 0. The molecule has 0 aromatic heterocycles. The average Bonchev–Trinajstić information content (AvgIpc) is 2.02. The molecule has 14 heavy (non-hydrogen) atoms. The largest absolute Gasteiger partial charge is 0.459 e. The van der Waals surface area contributed by atoms with Crippen molar-refractivity contribution in [3.05, 3.63) is 0 Å². The van der Waals surface area contributed by atoms with E-state index in [4.69, 9.17) is 10.5 Å². The Morgan fingerprint density at radius 2 is 1.64 bits per heavy atom. The Kier molecular flexibility index (Phi) is 8.04. The van der Waals surface area contributed by atoms with Gasteiger partial charge in [-0.05, 0) is 20.8 Å². The molecule has 0 spiro atoms. The molecule has 0 aliphatic carbocycles. The van der Waals surface area contributed by atoms with E-state index in [0.717, 1.165) is 0 Å². The Balaban J connectivity index is 0. The van der Waals surface area contributed by atoms with Crippen LogP contribution in [0.15, 0.2) is 0 Å². The van der Waals surface area contributed by atoms with Gasteiger partial charge in [0.05, 0.1) is 6.54 Å². The van der Waals surface area contributed by atoms with Gasteiger partial charge in [-0.15, -0.1) is 0 Å². The molecule has 0 aromatic rings. The molecule has 0 saturated carbocycles. The number of amides is 1. The first-order chi connectivity index (χ1) is 6.22. The van der Waals surface area contributed by atoms with E-state index in [1.165, 1.54) is 0 Å². The van der Waals surface area contributed by atoms with Crippen LogP contribution >= 0.6 is 0 Å². The van der Waals surface area contributed by atoms with Crippen LogP contribution in [0.2, 0.25) is 0 Å². The second-order valence-corrected chi connectivity index (χ2v) is 3.61. The molecule has 0 heterocycles. The quantitative estimate of drug-likeness (QED) is 0.627. The molecular weight excluding hydrogens is 184 g/mol. The monoisotopic (exact) mass is 204 g/mol. The number of hydrogen-bond donors (Lipinski definition) is 2. The van der Waals surface area contributed by atoms with E-state index in [1.807, 2.05) is 0 Å². The lowest BCUT2D eigenvalue weighted by Gasteiger charge is -2.18. The molecule has 0 fully saturated rings. The first kappa shape index (κ1) is 15.4. The number of carbonyl (C=O) groups excluding carboxylic acids is 2. The maximum Gasteiger partial charge on any atom is 0.320 e. The van der Waals surface area contributed by atoms with Gasteiger partial charge in [0, 0.05) is 6.42 Å². The molecule has 0 aliphatic heterocycles. The van der Waals surface area contributed by atoms with Crippen molar-refractivity contribution >= 4 is 11.9 Å². The topological polar surface area (TPSA) is 95.4 Å². The second kappa shape index (κ2) is 7.32. The lowest BCUT2D eigenvalue weighted by molar-refractivity contribution is -0.152. The van der Waals surface area contributed by atoms with Crippen molar-refractivity contribution in [1.82, 2.24) is 0 Å². The zero-order valence-corrected chi connectivity index (χ0v) is 9.29. The molecule has 1 amide bonds. The zero-order valence-electron chi connectivity index (χ0n) is 9.29. The van der Waals surface area contributed by atoms with Crippen molar-refractivity contribution in [2.75, 3.05) is 6.54 Å². The Morgan fingerprint density at radius 3 is 1.71 bits per heavy atom. The maximum atomic E-state index is 10.5. The molecular formula is C9H20N2O3.